The Morgan fingerprint density at radius 1 is 0.892 bits per heavy atom. The molecule has 1 atom stereocenters. The fourth-order valence-electron chi connectivity index (χ4n) is 5.32. The van der Waals surface area contributed by atoms with Gasteiger partial charge in [-0.05, 0) is 58.0 Å². The smallest absolute Gasteiger partial charge is 0.326 e. The lowest BCUT2D eigenvalue weighted by Crippen LogP contribution is -2.50. The van der Waals surface area contributed by atoms with E-state index in [1.807, 2.05) is 97.9 Å². The van der Waals surface area contributed by atoms with Gasteiger partial charge < -0.3 is 14.7 Å². The number of amides is 1. The van der Waals surface area contributed by atoms with Crippen LogP contribution in [0, 0.1) is 6.92 Å². The number of rotatable bonds is 6. The first kappa shape index (κ1) is 24.3. The fourth-order valence-corrected chi connectivity index (χ4v) is 5.32. The van der Waals surface area contributed by atoms with Crippen LogP contribution in [0.15, 0.2) is 97.1 Å². The van der Waals surface area contributed by atoms with Crippen molar-refractivity contribution < 1.29 is 19.4 Å². The molecule has 1 heterocycles. The van der Waals surface area contributed by atoms with Gasteiger partial charge in [0.25, 0.3) is 0 Å². The Hall–Kier alpha value is -4.38. The van der Waals surface area contributed by atoms with Crippen molar-refractivity contribution in [2.24, 2.45) is 0 Å². The van der Waals surface area contributed by atoms with Gasteiger partial charge in [-0.3, -0.25) is 4.79 Å². The summed E-state index contributed by atoms with van der Waals surface area (Å²) in [6.45, 7) is 2.23. The van der Waals surface area contributed by atoms with Gasteiger partial charge in [0.1, 0.15) is 11.8 Å². The van der Waals surface area contributed by atoms with Crippen LogP contribution < -0.4 is 4.74 Å². The SMILES string of the molecule is COc1ccc(-c2cccc3c2CC(C(=O)O)N(C(=O)C(c2ccccc2)c2ccccc2)C3)cc1C. The van der Waals surface area contributed by atoms with Crippen LogP contribution in [0.4, 0.5) is 0 Å². The Labute approximate surface area is 217 Å². The molecule has 186 valence electrons. The molecular weight excluding hydrogens is 462 g/mol. The largest absolute Gasteiger partial charge is 0.496 e. The zero-order valence-electron chi connectivity index (χ0n) is 20.9. The van der Waals surface area contributed by atoms with Crippen molar-refractivity contribution in [3.63, 3.8) is 0 Å². The van der Waals surface area contributed by atoms with Crippen LogP contribution in [0.1, 0.15) is 33.7 Å². The lowest BCUT2D eigenvalue weighted by Gasteiger charge is -2.37. The van der Waals surface area contributed by atoms with Gasteiger partial charge in [-0.15, -0.1) is 0 Å². The minimum absolute atomic E-state index is 0.207. The minimum Gasteiger partial charge on any atom is -0.496 e. The monoisotopic (exact) mass is 491 g/mol. The first-order chi connectivity index (χ1) is 18.0. The molecule has 0 aromatic heterocycles. The predicted molar refractivity (Wildman–Crippen MR) is 144 cm³/mol. The number of carbonyl (C=O) groups excluding carboxylic acids is 1. The van der Waals surface area contributed by atoms with E-state index in [1.54, 1.807) is 12.0 Å². The number of fused-ring (bicyclic) bond motifs is 1. The Balaban J connectivity index is 1.56. The van der Waals surface area contributed by atoms with E-state index < -0.39 is 17.9 Å². The van der Waals surface area contributed by atoms with Crippen molar-refractivity contribution in [3.8, 4) is 16.9 Å². The molecule has 5 heteroatoms. The van der Waals surface area contributed by atoms with Crippen molar-refractivity contribution >= 4 is 11.9 Å². The van der Waals surface area contributed by atoms with Crippen molar-refractivity contribution in [1.82, 2.24) is 4.90 Å². The molecule has 5 nitrogen and oxygen atoms in total. The Morgan fingerprint density at radius 3 is 2.11 bits per heavy atom. The Morgan fingerprint density at radius 2 is 1.54 bits per heavy atom. The number of benzene rings is 4. The molecule has 0 spiro atoms. The number of hydrogen-bond donors (Lipinski definition) is 1. The van der Waals surface area contributed by atoms with Crippen LogP contribution in [0.25, 0.3) is 11.1 Å². The summed E-state index contributed by atoms with van der Waals surface area (Å²) in [6.07, 6.45) is 0.244. The molecule has 0 saturated carbocycles. The second-order valence-corrected chi connectivity index (χ2v) is 9.41. The lowest BCUT2D eigenvalue weighted by atomic mass is 9.84. The summed E-state index contributed by atoms with van der Waals surface area (Å²) in [6, 6.07) is 30.2. The molecule has 37 heavy (non-hydrogen) atoms. The van der Waals surface area contributed by atoms with Crippen LogP contribution in [0.5, 0.6) is 5.75 Å². The summed E-state index contributed by atoms with van der Waals surface area (Å²) in [4.78, 5) is 28.2. The molecule has 1 amide bonds. The quantitative estimate of drug-likeness (QED) is 0.368. The summed E-state index contributed by atoms with van der Waals surface area (Å²) in [5.74, 6) is -0.986. The second kappa shape index (κ2) is 10.3. The molecule has 0 aliphatic carbocycles. The summed E-state index contributed by atoms with van der Waals surface area (Å²) >= 11 is 0. The molecular formula is C32H29NO4. The van der Waals surface area contributed by atoms with Crippen LogP contribution in [0.2, 0.25) is 0 Å². The highest BCUT2D eigenvalue weighted by Gasteiger charge is 2.39. The van der Waals surface area contributed by atoms with E-state index in [0.717, 1.165) is 44.7 Å². The number of aliphatic carboxylic acids is 1. The maximum absolute atomic E-state index is 14.1. The van der Waals surface area contributed by atoms with Gasteiger partial charge in [0.05, 0.1) is 13.0 Å². The standard InChI is InChI=1S/C32H29NO4/c1-21-18-24(16-17-29(21)37-2)26-15-9-14-25-20-33(28(32(35)36)19-27(25)26)31(34)30(22-10-5-3-6-11-22)23-12-7-4-8-13-23/h3-18,28,30H,19-20H2,1-2H3,(H,35,36). The molecule has 0 fully saturated rings. The van der Waals surface area contributed by atoms with E-state index in [1.165, 1.54) is 0 Å². The van der Waals surface area contributed by atoms with Gasteiger partial charge in [0.15, 0.2) is 0 Å². The van der Waals surface area contributed by atoms with Crippen LogP contribution in [0.3, 0.4) is 0 Å². The molecule has 4 aromatic rings. The van der Waals surface area contributed by atoms with Gasteiger partial charge in [-0.25, -0.2) is 4.79 Å². The van der Waals surface area contributed by atoms with E-state index in [0.29, 0.717) is 0 Å². The Bertz CT molecular complexity index is 1390. The van der Waals surface area contributed by atoms with E-state index in [2.05, 4.69) is 6.07 Å². The zero-order chi connectivity index (χ0) is 25.9. The number of carboxylic acids is 1. The lowest BCUT2D eigenvalue weighted by molar-refractivity contribution is -0.151. The number of methoxy groups -OCH3 is 1. The first-order valence-corrected chi connectivity index (χ1v) is 12.4. The van der Waals surface area contributed by atoms with Crippen molar-refractivity contribution in [3.05, 3.63) is 125 Å². The molecule has 4 aromatic carbocycles. The predicted octanol–water partition coefficient (Wildman–Crippen LogP) is 5.84. The number of ether oxygens (including phenoxy) is 1. The maximum atomic E-state index is 14.1. The molecule has 1 aliphatic heterocycles. The molecule has 1 N–H and O–H groups in total. The van der Waals surface area contributed by atoms with Crippen molar-refractivity contribution in [2.45, 2.75) is 31.8 Å². The number of carbonyl (C=O) groups is 2. The maximum Gasteiger partial charge on any atom is 0.326 e. The average molecular weight is 492 g/mol. The molecule has 0 saturated heterocycles. The van der Waals surface area contributed by atoms with E-state index in [4.69, 9.17) is 4.74 Å². The third-order valence-corrected chi connectivity index (χ3v) is 7.17. The van der Waals surface area contributed by atoms with Gasteiger partial charge in [-0.1, -0.05) is 84.9 Å². The summed E-state index contributed by atoms with van der Waals surface area (Å²) in [5, 5.41) is 10.3. The van der Waals surface area contributed by atoms with Crippen LogP contribution in [-0.4, -0.2) is 35.0 Å². The topological polar surface area (TPSA) is 66.8 Å². The van der Waals surface area contributed by atoms with Crippen molar-refractivity contribution in [1.29, 1.82) is 0 Å². The zero-order valence-corrected chi connectivity index (χ0v) is 20.9. The second-order valence-electron chi connectivity index (χ2n) is 9.41. The van der Waals surface area contributed by atoms with Crippen molar-refractivity contribution in [2.75, 3.05) is 7.11 Å². The van der Waals surface area contributed by atoms with Gasteiger partial charge in [0, 0.05) is 13.0 Å². The van der Waals surface area contributed by atoms with Gasteiger partial charge in [-0.2, -0.15) is 0 Å². The summed E-state index contributed by atoms with van der Waals surface area (Å²) < 4.78 is 5.41. The van der Waals surface area contributed by atoms with E-state index in [9.17, 15) is 14.7 Å². The molecule has 0 bridgehead atoms. The molecule has 0 radical (unpaired) electrons. The minimum atomic E-state index is -1.00. The third-order valence-electron chi connectivity index (χ3n) is 7.17. The molecule has 1 unspecified atom stereocenters. The highest BCUT2D eigenvalue weighted by molar-refractivity contribution is 5.91. The number of hydrogen-bond acceptors (Lipinski definition) is 3. The number of nitrogens with zero attached hydrogens (tertiary/aromatic N) is 1. The number of carboxylic acid groups (broad SMARTS) is 1. The van der Waals surface area contributed by atoms with Crippen LogP contribution in [-0.2, 0) is 22.6 Å². The van der Waals surface area contributed by atoms with E-state index >= 15 is 0 Å². The van der Waals surface area contributed by atoms with Gasteiger partial charge in [0.2, 0.25) is 5.91 Å². The third kappa shape index (κ3) is 4.73. The van der Waals surface area contributed by atoms with E-state index in [-0.39, 0.29) is 18.9 Å². The average Bonchev–Trinajstić information content (AvgIpc) is 2.93. The normalized spacial score (nSPS) is 14.8. The van der Waals surface area contributed by atoms with Crippen LogP contribution >= 0.6 is 0 Å². The number of aryl methyl sites for hydroxylation is 1. The summed E-state index contributed by atoms with van der Waals surface area (Å²) in [7, 11) is 1.65. The highest BCUT2D eigenvalue weighted by Crippen LogP contribution is 2.37. The van der Waals surface area contributed by atoms with Gasteiger partial charge >= 0.3 is 5.97 Å². The molecule has 5 rings (SSSR count). The first-order valence-electron chi connectivity index (χ1n) is 12.4. The fraction of sp³-hybridized carbons (Fsp3) is 0.188. The molecule has 1 aliphatic rings. The summed E-state index contributed by atoms with van der Waals surface area (Å²) in [5.41, 5.74) is 6.63. The Kier molecular flexibility index (Phi) is 6.78. The highest BCUT2D eigenvalue weighted by atomic mass is 16.5.